The van der Waals surface area contributed by atoms with Crippen LogP contribution in [0.1, 0.15) is 21.5 Å². The quantitative estimate of drug-likeness (QED) is 0.364. The van der Waals surface area contributed by atoms with Crippen LogP contribution >= 0.6 is 60.0 Å². The Morgan fingerprint density at radius 3 is 2.36 bits per heavy atom. The van der Waals surface area contributed by atoms with Crippen LogP contribution in [0.15, 0.2) is 43.7 Å². The van der Waals surface area contributed by atoms with E-state index in [2.05, 4.69) is 64.0 Å². The molecule has 0 fully saturated rings. The molecule has 0 heterocycles. The van der Waals surface area contributed by atoms with Crippen molar-refractivity contribution >= 4 is 76.9 Å². The van der Waals surface area contributed by atoms with Gasteiger partial charge in [0.25, 0.3) is 11.8 Å². The van der Waals surface area contributed by atoms with Gasteiger partial charge in [0, 0.05) is 14.5 Å². The number of carbonyl (C=O) groups excluding carboxylic acids is 2. The van der Waals surface area contributed by atoms with Gasteiger partial charge in [-0.1, -0.05) is 37.9 Å². The number of hydrazine groups is 1. The van der Waals surface area contributed by atoms with E-state index in [1.54, 1.807) is 12.1 Å². The highest BCUT2D eigenvalue weighted by Crippen LogP contribution is 2.32. The molecule has 6 nitrogen and oxygen atoms in total. The van der Waals surface area contributed by atoms with Crippen LogP contribution in [0.2, 0.25) is 0 Å². The number of benzene rings is 2. The van der Waals surface area contributed by atoms with Crippen molar-refractivity contribution in [2.45, 2.75) is 13.8 Å². The Balaban J connectivity index is 1.81. The predicted molar refractivity (Wildman–Crippen MR) is 122 cm³/mol. The van der Waals surface area contributed by atoms with E-state index in [0.29, 0.717) is 11.3 Å². The Morgan fingerprint density at radius 2 is 1.71 bits per heavy atom. The van der Waals surface area contributed by atoms with E-state index in [1.807, 2.05) is 32.0 Å². The fourth-order valence-corrected chi connectivity index (χ4v) is 4.19. The Bertz CT molecular complexity index is 915. The van der Waals surface area contributed by atoms with Gasteiger partial charge >= 0.3 is 0 Å². The molecule has 0 atom stereocenters. The molecule has 2 aromatic carbocycles. The lowest BCUT2D eigenvalue weighted by Crippen LogP contribution is -2.49. The van der Waals surface area contributed by atoms with E-state index in [1.165, 1.54) is 0 Å². The maximum atomic E-state index is 12.2. The van der Waals surface area contributed by atoms with Gasteiger partial charge in [-0.2, -0.15) is 0 Å². The monoisotopic (exact) mass is 591 g/mol. The molecule has 2 amide bonds. The van der Waals surface area contributed by atoms with Crippen LogP contribution < -0.4 is 20.9 Å². The van der Waals surface area contributed by atoms with Crippen LogP contribution in [-0.4, -0.2) is 23.5 Å². The summed E-state index contributed by atoms with van der Waals surface area (Å²) >= 11 is 15.2. The van der Waals surface area contributed by atoms with Gasteiger partial charge in [-0.25, -0.2) is 0 Å². The summed E-state index contributed by atoms with van der Waals surface area (Å²) in [5.41, 5.74) is 7.17. The summed E-state index contributed by atoms with van der Waals surface area (Å²) in [6.45, 7) is 3.56. The fourth-order valence-electron chi connectivity index (χ4n) is 2.11. The Labute approximate surface area is 193 Å². The second-order valence-corrected chi connectivity index (χ2v) is 8.78. The first-order valence-corrected chi connectivity index (χ1v) is 10.7. The first kappa shape index (κ1) is 22.8. The minimum absolute atomic E-state index is 0.0314. The van der Waals surface area contributed by atoms with Gasteiger partial charge in [-0.15, -0.1) is 0 Å². The lowest BCUT2D eigenvalue weighted by molar-refractivity contribution is -0.123. The van der Waals surface area contributed by atoms with Gasteiger partial charge in [0.15, 0.2) is 11.7 Å². The van der Waals surface area contributed by atoms with Crippen molar-refractivity contribution in [2.24, 2.45) is 0 Å². The van der Waals surface area contributed by atoms with E-state index < -0.39 is 11.8 Å². The average Bonchev–Trinajstić information content (AvgIpc) is 2.61. The topological polar surface area (TPSA) is 79.5 Å². The second kappa shape index (κ2) is 10.3. The third kappa shape index (κ3) is 6.54. The summed E-state index contributed by atoms with van der Waals surface area (Å²) < 4.78 is 7.98. The zero-order valence-corrected chi connectivity index (χ0v) is 20.4. The third-order valence-electron chi connectivity index (χ3n) is 3.52. The van der Waals surface area contributed by atoms with E-state index in [-0.39, 0.29) is 11.7 Å². The van der Waals surface area contributed by atoms with E-state index in [4.69, 9.17) is 17.0 Å². The maximum absolute atomic E-state index is 12.2. The van der Waals surface area contributed by atoms with Crippen molar-refractivity contribution in [2.75, 3.05) is 6.61 Å². The molecule has 3 N–H and O–H groups in total. The third-order valence-corrected chi connectivity index (χ3v) is 5.62. The summed E-state index contributed by atoms with van der Waals surface area (Å²) in [6, 6.07) is 8.90. The number of aryl methyl sites for hydroxylation is 2. The van der Waals surface area contributed by atoms with E-state index in [9.17, 15) is 9.59 Å². The molecule has 0 aliphatic heterocycles. The number of rotatable bonds is 4. The van der Waals surface area contributed by atoms with Crippen molar-refractivity contribution < 1.29 is 14.3 Å². The number of amides is 2. The minimum atomic E-state index is -0.455. The average molecular weight is 594 g/mol. The number of halogens is 3. The smallest absolute Gasteiger partial charge is 0.276 e. The molecule has 148 valence electrons. The number of nitrogens with one attached hydrogen (secondary N) is 3. The van der Waals surface area contributed by atoms with Crippen molar-refractivity contribution in [1.82, 2.24) is 16.2 Å². The summed E-state index contributed by atoms with van der Waals surface area (Å²) in [5.74, 6) is -0.277. The first-order valence-electron chi connectivity index (χ1n) is 7.92. The highest BCUT2D eigenvalue weighted by molar-refractivity contribution is 9.11. The molecule has 0 radical (unpaired) electrons. The van der Waals surface area contributed by atoms with Crippen molar-refractivity contribution in [3.8, 4) is 5.75 Å². The molecule has 2 aromatic rings. The summed E-state index contributed by atoms with van der Waals surface area (Å²) in [5, 5.41) is 2.46. The van der Waals surface area contributed by atoms with E-state index >= 15 is 0 Å². The van der Waals surface area contributed by atoms with Gasteiger partial charge in [-0.05, 0) is 77.4 Å². The SMILES string of the molecule is Cc1ccc(C(=O)NC(=S)NNC(=O)COc2c(C)cc(Br)cc2Br)cc1Br. The molecule has 0 bridgehead atoms. The van der Waals surface area contributed by atoms with E-state index in [0.717, 1.165) is 24.5 Å². The van der Waals surface area contributed by atoms with Crippen LogP contribution in [0, 0.1) is 13.8 Å². The summed E-state index contributed by atoms with van der Waals surface area (Å²) in [4.78, 5) is 24.1. The molecule has 0 aliphatic rings. The van der Waals surface area contributed by atoms with Crippen LogP contribution in [0.3, 0.4) is 0 Å². The fraction of sp³-hybridized carbons (Fsp3) is 0.167. The highest BCUT2D eigenvalue weighted by Gasteiger charge is 2.12. The Morgan fingerprint density at radius 1 is 1.00 bits per heavy atom. The van der Waals surface area contributed by atoms with Crippen molar-refractivity contribution in [1.29, 1.82) is 0 Å². The molecule has 0 saturated heterocycles. The second-order valence-electron chi connectivity index (χ2n) is 5.74. The lowest BCUT2D eigenvalue weighted by atomic mass is 10.1. The molecule has 0 saturated carbocycles. The number of thiocarbonyl (C=S) groups is 1. The summed E-state index contributed by atoms with van der Waals surface area (Å²) in [6.07, 6.45) is 0. The predicted octanol–water partition coefficient (Wildman–Crippen LogP) is 4.31. The lowest BCUT2D eigenvalue weighted by Gasteiger charge is -2.13. The molecule has 10 heteroatoms. The Hall–Kier alpha value is -1.49. The van der Waals surface area contributed by atoms with Gasteiger partial charge in [0.2, 0.25) is 0 Å². The van der Waals surface area contributed by atoms with Crippen LogP contribution in [0.5, 0.6) is 5.75 Å². The maximum Gasteiger partial charge on any atom is 0.276 e. The number of hydrogen-bond donors (Lipinski definition) is 3. The molecular formula is C18H16Br3N3O3S. The minimum Gasteiger partial charge on any atom is -0.482 e. The highest BCUT2D eigenvalue weighted by atomic mass is 79.9. The molecule has 0 aromatic heterocycles. The molecule has 0 unspecified atom stereocenters. The van der Waals surface area contributed by atoms with Crippen molar-refractivity contribution in [3.05, 3.63) is 60.4 Å². The van der Waals surface area contributed by atoms with Crippen molar-refractivity contribution in [3.63, 3.8) is 0 Å². The number of carbonyl (C=O) groups is 2. The van der Waals surface area contributed by atoms with Gasteiger partial charge in [0.1, 0.15) is 5.75 Å². The normalized spacial score (nSPS) is 10.2. The zero-order chi connectivity index (χ0) is 20.8. The van der Waals surface area contributed by atoms with Gasteiger partial charge < -0.3 is 4.74 Å². The standard InChI is InChI=1S/C18H16Br3N3O3S/c1-9-3-4-11(6-13(9)20)17(26)22-18(28)24-23-15(25)8-27-16-10(2)5-12(19)7-14(16)21/h3-7H,8H2,1-2H3,(H,23,25)(H2,22,24,26,28). The van der Waals surface area contributed by atoms with Crippen LogP contribution in [0.25, 0.3) is 0 Å². The van der Waals surface area contributed by atoms with Crippen LogP contribution in [-0.2, 0) is 4.79 Å². The Kier molecular flexibility index (Phi) is 8.41. The summed E-state index contributed by atoms with van der Waals surface area (Å²) in [7, 11) is 0. The molecule has 2 rings (SSSR count). The first-order chi connectivity index (χ1) is 13.2. The largest absolute Gasteiger partial charge is 0.482 e. The number of hydrogen-bond acceptors (Lipinski definition) is 4. The molecule has 0 aliphatic carbocycles. The number of ether oxygens (including phenoxy) is 1. The van der Waals surface area contributed by atoms with Crippen LogP contribution in [0.4, 0.5) is 0 Å². The zero-order valence-electron chi connectivity index (χ0n) is 14.9. The van der Waals surface area contributed by atoms with Gasteiger partial charge in [0.05, 0.1) is 4.47 Å². The molecular weight excluding hydrogens is 578 g/mol. The van der Waals surface area contributed by atoms with Gasteiger partial charge in [-0.3, -0.25) is 25.8 Å². The molecule has 28 heavy (non-hydrogen) atoms. The molecule has 0 spiro atoms.